The third-order valence-corrected chi connectivity index (χ3v) is 3.82. The van der Waals surface area contributed by atoms with Gasteiger partial charge in [-0.1, -0.05) is 54.6 Å². The SMILES string of the molecule is C1=c2oc3ccccc3c2=CCC1c1ccccc1. The number of hydrogen-bond acceptors (Lipinski definition) is 1. The molecule has 1 atom stereocenters. The first-order chi connectivity index (χ1) is 9.42. The normalized spacial score (nSPS) is 17.6. The minimum atomic E-state index is 0.425. The van der Waals surface area contributed by atoms with Crippen LogP contribution in [0.5, 0.6) is 0 Å². The molecule has 92 valence electrons. The summed E-state index contributed by atoms with van der Waals surface area (Å²) in [5, 5.41) is 2.48. The van der Waals surface area contributed by atoms with Crippen LogP contribution in [0.25, 0.3) is 23.1 Å². The van der Waals surface area contributed by atoms with Gasteiger partial charge in [0.05, 0.1) is 0 Å². The topological polar surface area (TPSA) is 13.1 Å². The Balaban J connectivity index is 1.92. The molecule has 0 N–H and O–H groups in total. The minimum absolute atomic E-state index is 0.425. The van der Waals surface area contributed by atoms with Crippen molar-refractivity contribution in [2.24, 2.45) is 0 Å². The zero-order valence-corrected chi connectivity index (χ0v) is 10.5. The molecule has 0 radical (unpaired) electrons. The van der Waals surface area contributed by atoms with Crippen LogP contribution in [-0.2, 0) is 0 Å². The molecule has 0 fully saturated rings. The van der Waals surface area contributed by atoms with Gasteiger partial charge in [-0.25, -0.2) is 0 Å². The molecule has 1 heterocycles. The highest BCUT2D eigenvalue weighted by Crippen LogP contribution is 2.23. The van der Waals surface area contributed by atoms with Crippen molar-refractivity contribution in [2.75, 3.05) is 0 Å². The maximum atomic E-state index is 5.96. The maximum Gasteiger partial charge on any atom is 0.135 e. The Morgan fingerprint density at radius 1 is 0.895 bits per heavy atom. The number of benzene rings is 2. The number of rotatable bonds is 1. The van der Waals surface area contributed by atoms with E-state index in [1.807, 2.05) is 12.1 Å². The second-order valence-corrected chi connectivity index (χ2v) is 5.00. The zero-order chi connectivity index (χ0) is 12.7. The average molecular weight is 246 g/mol. The van der Waals surface area contributed by atoms with Gasteiger partial charge in [0.25, 0.3) is 0 Å². The van der Waals surface area contributed by atoms with Gasteiger partial charge in [-0.3, -0.25) is 0 Å². The van der Waals surface area contributed by atoms with E-state index >= 15 is 0 Å². The lowest BCUT2D eigenvalue weighted by atomic mass is 9.92. The van der Waals surface area contributed by atoms with Crippen molar-refractivity contribution in [1.82, 2.24) is 0 Å². The first kappa shape index (κ1) is 10.6. The minimum Gasteiger partial charge on any atom is -0.456 e. The molecular weight excluding hydrogens is 232 g/mol. The van der Waals surface area contributed by atoms with Crippen LogP contribution < -0.4 is 10.6 Å². The number of hydrogen-bond donors (Lipinski definition) is 0. The van der Waals surface area contributed by atoms with Crippen LogP contribution >= 0.6 is 0 Å². The van der Waals surface area contributed by atoms with Gasteiger partial charge < -0.3 is 4.42 Å². The molecule has 1 heteroatoms. The Hall–Kier alpha value is -2.28. The molecule has 1 aliphatic carbocycles. The van der Waals surface area contributed by atoms with E-state index in [0.717, 1.165) is 17.4 Å². The molecule has 1 unspecified atom stereocenters. The van der Waals surface area contributed by atoms with E-state index < -0.39 is 0 Å². The highest BCUT2D eigenvalue weighted by molar-refractivity contribution is 5.79. The molecule has 0 aliphatic heterocycles. The summed E-state index contributed by atoms with van der Waals surface area (Å²) in [5.41, 5.74) is 3.35. The summed E-state index contributed by atoms with van der Waals surface area (Å²) in [6.07, 6.45) is 5.60. The lowest BCUT2D eigenvalue weighted by molar-refractivity contribution is 0.569. The Labute approximate surface area is 111 Å². The summed E-state index contributed by atoms with van der Waals surface area (Å²) >= 11 is 0. The Morgan fingerprint density at radius 2 is 1.68 bits per heavy atom. The molecule has 2 aromatic carbocycles. The van der Waals surface area contributed by atoms with Gasteiger partial charge >= 0.3 is 0 Å². The van der Waals surface area contributed by atoms with E-state index in [2.05, 4.69) is 54.6 Å². The van der Waals surface area contributed by atoms with Crippen molar-refractivity contribution in [3.8, 4) is 0 Å². The summed E-state index contributed by atoms with van der Waals surface area (Å²) in [6, 6.07) is 18.9. The van der Waals surface area contributed by atoms with E-state index in [-0.39, 0.29) is 0 Å². The average Bonchev–Trinajstić information content (AvgIpc) is 2.86. The third kappa shape index (κ3) is 1.70. The lowest BCUT2D eigenvalue weighted by Crippen LogP contribution is -2.24. The van der Waals surface area contributed by atoms with E-state index in [0.29, 0.717) is 5.92 Å². The largest absolute Gasteiger partial charge is 0.456 e. The van der Waals surface area contributed by atoms with E-state index in [1.54, 1.807) is 0 Å². The van der Waals surface area contributed by atoms with Gasteiger partial charge in [0, 0.05) is 16.5 Å². The summed E-state index contributed by atoms with van der Waals surface area (Å²) in [4.78, 5) is 0. The molecule has 0 bridgehead atoms. The second-order valence-electron chi connectivity index (χ2n) is 5.00. The molecule has 1 aliphatic rings. The van der Waals surface area contributed by atoms with E-state index in [1.165, 1.54) is 16.2 Å². The predicted octanol–water partition coefficient (Wildman–Crippen LogP) is 3.18. The molecule has 4 rings (SSSR count). The van der Waals surface area contributed by atoms with Crippen LogP contribution in [0.1, 0.15) is 17.9 Å². The summed E-state index contributed by atoms with van der Waals surface area (Å²) in [6.45, 7) is 0. The van der Waals surface area contributed by atoms with Crippen molar-refractivity contribution in [2.45, 2.75) is 12.3 Å². The molecule has 0 spiro atoms. The van der Waals surface area contributed by atoms with Crippen molar-refractivity contribution in [3.63, 3.8) is 0 Å². The van der Waals surface area contributed by atoms with E-state index in [9.17, 15) is 0 Å². The lowest BCUT2D eigenvalue weighted by Gasteiger charge is -2.12. The van der Waals surface area contributed by atoms with Crippen LogP contribution in [0.2, 0.25) is 0 Å². The summed E-state index contributed by atoms with van der Waals surface area (Å²) < 4.78 is 5.96. The fourth-order valence-electron chi connectivity index (χ4n) is 2.85. The first-order valence-electron chi connectivity index (χ1n) is 6.66. The standard InChI is InChI=1S/C18H14O/c1-2-6-13(7-3-1)14-10-11-16-15-8-4-5-9-17(15)19-18(16)12-14/h1-9,11-12,14H,10H2. The van der Waals surface area contributed by atoms with Gasteiger partial charge in [-0.15, -0.1) is 0 Å². The smallest absolute Gasteiger partial charge is 0.135 e. The molecule has 19 heavy (non-hydrogen) atoms. The number of fused-ring (bicyclic) bond motifs is 3. The third-order valence-electron chi connectivity index (χ3n) is 3.82. The summed E-state index contributed by atoms with van der Waals surface area (Å²) in [7, 11) is 0. The number of furan rings is 1. The van der Waals surface area contributed by atoms with Crippen LogP contribution in [-0.4, -0.2) is 0 Å². The predicted molar refractivity (Wildman–Crippen MR) is 78.2 cm³/mol. The molecule has 0 amide bonds. The van der Waals surface area contributed by atoms with Crippen molar-refractivity contribution in [1.29, 1.82) is 0 Å². The van der Waals surface area contributed by atoms with Crippen molar-refractivity contribution < 1.29 is 4.42 Å². The molecule has 1 aromatic heterocycles. The van der Waals surface area contributed by atoms with Gasteiger partial charge in [-0.2, -0.15) is 0 Å². The zero-order valence-electron chi connectivity index (χ0n) is 10.5. The molecular formula is C18H14O. The first-order valence-corrected chi connectivity index (χ1v) is 6.66. The van der Waals surface area contributed by atoms with E-state index in [4.69, 9.17) is 4.42 Å². The quantitative estimate of drug-likeness (QED) is 0.642. The van der Waals surface area contributed by atoms with Gasteiger partial charge in [0.2, 0.25) is 0 Å². The Kier molecular flexibility index (Phi) is 2.31. The van der Waals surface area contributed by atoms with Gasteiger partial charge in [0.1, 0.15) is 11.0 Å². The molecule has 3 aromatic rings. The maximum absolute atomic E-state index is 5.96. The van der Waals surface area contributed by atoms with Crippen molar-refractivity contribution in [3.05, 3.63) is 70.8 Å². The van der Waals surface area contributed by atoms with Crippen LogP contribution in [0.3, 0.4) is 0 Å². The number of para-hydroxylation sites is 1. The fourth-order valence-corrected chi connectivity index (χ4v) is 2.85. The molecule has 0 saturated heterocycles. The van der Waals surface area contributed by atoms with Crippen LogP contribution in [0.15, 0.2) is 59.0 Å². The molecule has 0 saturated carbocycles. The highest BCUT2D eigenvalue weighted by atomic mass is 16.3. The second kappa shape index (κ2) is 4.13. The van der Waals surface area contributed by atoms with Gasteiger partial charge in [0.15, 0.2) is 0 Å². The van der Waals surface area contributed by atoms with Crippen LogP contribution in [0, 0.1) is 0 Å². The van der Waals surface area contributed by atoms with Crippen LogP contribution in [0.4, 0.5) is 0 Å². The fraction of sp³-hybridized carbons (Fsp3) is 0.111. The Morgan fingerprint density at radius 3 is 2.58 bits per heavy atom. The molecule has 1 nitrogen and oxygen atoms in total. The monoisotopic (exact) mass is 246 g/mol. The summed E-state index contributed by atoms with van der Waals surface area (Å²) in [5.74, 6) is 0.425. The Bertz CT molecular complexity index is 840. The highest BCUT2D eigenvalue weighted by Gasteiger charge is 2.13. The van der Waals surface area contributed by atoms with Gasteiger partial charge in [-0.05, 0) is 24.1 Å². The van der Waals surface area contributed by atoms with Crippen molar-refractivity contribution >= 4 is 23.1 Å².